The largest absolute Gasteiger partial charge is 0.355 e. The second kappa shape index (κ2) is 12.6. The van der Waals surface area contributed by atoms with Crippen molar-refractivity contribution in [1.82, 2.24) is 20.1 Å². The maximum Gasteiger partial charge on any atom is 0.232 e. The van der Waals surface area contributed by atoms with Crippen molar-refractivity contribution in [2.75, 3.05) is 33.9 Å². The third kappa shape index (κ3) is 6.80. The molecule has 0 saturated heterocycles. The molecular weight excluding hydrogens is 475 g/mol. The lowest BCUT2D eigenvalue weighted by Gasteiger charge is -2.23. The molecule has 2 unspecified atom stereocenters. The lowest BCUT2D eigenvalue weighted by molar-refractivity contribution is -0.133. The molecule has 1 aromatic heterocycles. The molecule has 0 aliphatic heterocycles. The molecule has 0 spiro atoms. The maximum absolute atomic E-state index is 13.6. The number of hydrogen-bond donors (Lipinski definition) is 2. The first kappa shape index (κ1) is 28.0. The van der Waals surface area contributed by atoms with E-state index >= 15 is 0 Å². The number of para-hydroxylation sites is 2. The predicted molar refractivity (Wildman–Crippen MR) is 142 cm³/mol. The van der Waals surface area contributed by atoms with E-state index in [1.54, 1.807) is 4.57 Å². The van der Waals surface area contributed by atoms with E-state index in [1.165, 1.54) is 0 Å². The van der Waals surface area contributed by atoms with Gasteiger partial charge in [0.25, 0.3) is 0 Å². The molecule has 9 heteroatoms. The number of nitrogens with zero attached hydrogens (tertiary/aromatic N) is 2. The van der Waals surface area contributed by atoms with Crippen LogP contribution in [0.15, 0.2) is 48.5 Å². The van der Waals surface area contributed by atoms with Crippen molar-refractivity contribution in [3.8, 4) is 0 Å². The lowest BCUT2D eigenvalue weighted by atomic mass is 9.90. The second-order valence-electron chi connectivity index (χ2n) is 9.84. The number of carbonyl (C=O) groups excluding carboxylic acids is 4. The Hall–Kier alpha value is -3.59. The van der Waals surface area contributed by atoms with Gasteiger partial charge in [-0.3, -0.25) is 23.7 Å². The number of halogens is 1. The first-order valence-corrected chi connectivity index (χ1v) is 12.5. The summed E-state index contributed by atoms with van der Waals surface area (Å²) in [6.07, 6.45) is -0.481. The minimum Gasteiger partial charge on any atom is -0.355 e. The molecular formula is C28H35FN4O4. The molecule has 0 radical (unpaired) electrons. The molecule has 0 saturated carbocycles. The quantitative estimate of drug-likeness (QED) is 0.390. The average Bonchev–Trinajstić information content (AvgIpc) is 3.20. The number of hydrogen-bond acceptors (Lipinski definition) is 5. The van der Waals surface area contributed by atoms with E-state index in [0.717, 1.165) is 21.8 Å². The van der Waals surface area contributed by atoms with Crippen molar-refractivity contribution < 1.29 is 23.6 Å². The zero-order chi connectivity index (χ0) is 27.1. The number of carbonyl (C=O) groups is 4. The first-order valence-electron chi connectivity index (χ1n) is 12.5. The van der Waals surface area contributed by atoms with E-state index in [2.05, 4.69) is 10.6 Å². The van der Waals surface area contributed by atoms with E-state index < -0.39 is 36.2 Å². The molecule has 198 valence electrons. The zero-order valence-corrected chi connectivity index (χ0v) is 21.8. The molecule has 2 N–H and O–H groups in total. The van der Waals surface area contributed by atoms with Gasteiger partial charge in [0.1, 0.15) is 6.67 Å². The number of rotatable bonds is 12. The second-order valence-corrected chi connectivity index (χ2v) is 9.84. The summed E-state index contributed by atoms with van der Waals surface area (Å²) >= 11 is 0. The molecule has 3 aromatic rings. The minimum atomic E-state index is -1.30. The van der Waals surface area contributed by atoms with Crippen LogP contribution in [0.2, 0.25) is 0 Å². The highest BCUT2D eigenvalue weighted by molar-refractivity contribution is 6.13. The molecule has 1 heterocycles. The molecule has 0 bridgehead atoms. The van der Waals surface area contributed by atoms with Gasteiger partial charge in [0.15, 0.2) is 5.78 Å². The summed E-state index contributed by atoms with van der Waals surface area (Å²) in [5.41, 5.74) is 1.49. The maximum atomic E-state index is 13.6. The summed E-state index contributed by atoms with van der Waals surface area (Å²) in [6, 6.07) is 13.9. The Balaban J connectivity index is 1.79. The molecule has 0 fully saturated rings. The SMILES string of the molecule is CC(C)C(CC(=O)n1c2ccccc2c2ccccc21)C(=O)NC(CC(=O)NCCN(C)C)C(=O)CF. The Morgan fingerprint density at radius 2 is 1.49 bits per heavy atom. The molecule has 2 amide bonds. The van der Waals surface area contributed by atoms with Crippen molar-refractivity contribution in [3.05, 3.63) is 48.5 Å². The number of Topliss-reactive ketones (excluding diaryl/α,β-unsaturated/α-hetero) is 1. The first-order chi connectivity index (χ1) is 17.6. The van der Waals surface area contributed by atoms with Crippen molar-refractivity contribution in [1.29, 1.82) is 0 Å². The van der Waals surface area contributed by atoms with Gasteiger partial charge in [-0.15, -0.1) is 0 Å². The molecule has 3 rings (SSSR count). The van der Waals surface area contributed by atoms with Gasteiger partial charge < -0.3 is 15.5 Å². The van der Waals surface area contributed by atoms with Gasteiger partial charge in [-0.1, -0.05) is 50.2 Å². The van der Waals surface area contributed by atoms with Crippen LogP contribution in [0, 0.1) is 11.8 Å². The van der Waals surface area contributed by atoms with E-state index in [-0.39, 0.29) is 24.7 Å². The van der Waals surface area contributed by atoms with E-state index in [4.69, 9.17) is 0 Å². The number of amides is 2. The number of fused-ring (bicyclic) bond motifs is 3. The van der Waals surface area contributed by atoms with E-state index in [1.807, 2.05) is 81.4 Å². The molecule has 2 aromatic carbocycles. The highest BCUT2D eigenvalue weighted by atomic mass is 19.1. The number of alkyl halides is 1. The highest BCUT2D eigenvalue weighted by Gasteiger charge is 2.31. The summed E-state index contributed by atoms with van der Waals surface area (Å²) in [7, 11) is 3.71. The van der Waals surface area contributed by atoms with Gasteiger partial charge in [0.2, 0.25) is 17.7 Å². The summed E-state index contributed by atoms with van der Waals surface area (Å²) in [5, 5.41) is 7.08. The van der Waals surface area contributed by atoms with Crippen molar-refractivity contribution in [3.63, 3.8) is 0 Å². The van der Waals surface area contributed by atoms with E-state index in [0.29, 0.717) is 13.1 Å². The summed E-state index contributed by atoms with van der Waals surface area (Å²) in [4.78, 5) is 53.2. The topological polar surface area (TPSA) is 101 Å². The molecule has 0 aliphatic carbocycles. The average molecular weight is 511 g/mol. The number of aromatic nitrogens is 1. The Morgan fingerprint density at radius 1 is 0.919 bits per heavy atom. The van der Waals surface area contributed by atoms with Crippen LogP contribution < -0.4 is 10.6 Å². The number of ketones is 1. The normalized spacial score (nSPS) is 13.2. The highest BCUT2D eigenvalue weighted by Crippen LogP contribution is 2.30. The van der Waals surface area contributed by atoms with E-state index in [9.17, 15) is 23.6 Å². The van der Waals surface area contributed by atoms with Crippen LogP contribution in [0.5, 0.6) is 0 Å². The summed E-state index contributed by atoms with van der Waals surface area (Å²) < 4.78 is 14.9. The Morgan fingerprint density at radius 3 is 2.00 bits per heavy atom. The summed E-state index contributed by atoms with van der Waals surface area (Å²) in [5.74, 6) is -3.19. The molecule has 2 atom stereocenters. The van der Waals surface area contributed by atoms with Gasteiger partial charge in [0.05, 0.1) is 23.5 Å². The summed E-state index contributed by atoms with van der Waals surface area (Å²) in [6.45, 7) is 3.27. The van der Waals surface area contributed by atoms with Gasteiger partial charge in [-0.05, 0) is 32.1 Å². The van der Waals surface area contributed by atoms with Crippen LogP contribution in [0.25, 0.3) is 21.8 Å². The molecule has 37 heavy (non-hydrogen) atoms. The number of benzene rings is 2. The van der Waals surface area contributed by atoms with Crippen molar-refractivity contribution in [2.45, 2.75) is 32.7 Å². The Kier molecular flexibility index (Phi) is 9.52. The van der Waals surface area contributed by atoms with Crippen LogP contribution >= 0.6 is 0 Å². The fraction of sp³-hybridized carbons (Fsp3) is 0.429. The number of likely N-dealkylation sites (N-methyl/N-ethyl adjacent to an activating group) is 1. The van der Waals surface area contributed by atoms with Gasteiger partial charge in [-0.2, -0.15) is 0 Å². The van der Waals surface area contributed by atoms with Crippen LogP contribution in [-0.2, 0) is 14.4 Å². The number of nitrogens with one attached hydrogen (secondary N) is 2. The fourth-order valence-corrected chi connectivity index (χ4v) is 4.40. The fourth-order valence-electron chi connectivity index (χ4n) is 4.40. The third-order valence-corrected chi connectivity index (χ3v) is 6.47. The van der Waals surface area contributed by atoms with Gasteiger partial charge in [0, 0.05) is 36.2 Å². The molecule has 8 nitrogen and oxygen atoms in total. The van der Waals surface area contributed by atoms with Crippen LogP contribution in [0.4, 0.5) is 4.39 Å². The van der Waals surface area contributed by atoms with Crippen LogP contribution in [0.3, 0.4) is 0 Å². The van der Waals surface area contributed by atoms with Gasteiger partial charge >= 0.3 is 0 Å². The Bertz CT molecular complexity index is 1230. The third-order valence-electron chi connectivity index (χ3n) is 6.47. The van der Waals surface area contributed by atoms with Crippen molar-refractivity contribution >= 4 is 45.3 Å². The van der Waals surface area contributed by atoms with Gasteiger partial charge in [-0.25, -0.2) is 4.39 Å². The molecule has 0 aliphatic rings. The minimum absolute atomic E-state index is 0.113. The Labute approximate surface area is 216 Å². The predicted octanol–water partition coefficient (Wildman–Crippen LogP) is 3.19. The van der Waals surface area contributed by atoms with Crippen molar-refractivity contribution in [2.24, 2.45) is 11.8 Å². The zero-order valence-electron chi connectivity index (χ0n) is 21.8. The van der Waals surface area contributed by atoms with Crippen LogP contribution in [0.1, 0.15) is 31.5 Å². The monoisotopic (exact) mass is 510 g/mol. The van der Waals surface area contributed by atoms with Crippen LogP contribution in [-0.4, -0.2) is 72.9 Å². The smallest absolute Gasteiger partial charge is 0.232 e. The lowest BCUT2D eigenvalue weighted by Crippen LogP contribution is -2.48. The standard InChI is InChI=1S/C28H35FN4O4/c1-18(2)21(28(37)31-22(25(34)17-29)16-26(35)30-13-14-32(3)4)15-27(36)33-23-11-7-5-9-19(23)20-10-6-8-12-24(20)33/h5-12,18,21-22H,13-17H2,1-4H3,(H,30,35)(H,31,37).